The third kappa shape index (κ3) is 4.21. The van der Waals surface area contributed by atoms with Gasteiger partial charge in [0.2, 0.25) is 0 Å². The van der Waals surface area contributed by atoms with Gasteiger partial charge in [-0.05, 0) is 38.9 Å². The first-order chi connectivity index (χ1) is 8.40. The summed E-state index contributed by atoms with van der Waals surface area (Å²) in [5.74, 6) is 0. The van der Waals surface area contributed by atoms with E-state index in [0.717, 1.165) is 32.8 Å². The molecule has 0 amide bonds. The first kappa shape index (κ1) is 13.3. The Morgan fingerprint density at radius 2 is 1.88 bits per heavy atom. The van der Waals surface area contributed by atoms with E-state index >= 15 is 0 Å². The summed E-state index contributed by atoms with van der Waals surface area (Å²) in [5, 5.41) is 9.34. The summed E-state index contributed by atoms with van der Waals surface area (Å²) in [6, 6.07) is 0.424. The summed E-state index contributed by atoms with van der Waals surface area (Å²) in [5.41, 5.74) is 0. The Hall–Kier alpha value is -0.160. The number of likely N-dealkylation sites (tertiary alicyclic amines) is 1. The van der Waals surface area contributed by atoms with E-state index in [1.54, 1.807) is 0 Å². The highest BCUT2D eigenvalue weighted by Crippen LogP contribution is 2.16. The fourth-order valence-electron chi connectivity index (χ4n) is 2.88. The molecule has 0 aromatic heterocycles. The molecule has 2 fully saturated rings. The highest BCUT2D eigenvalue weighted by molar-refractivity contribution is 4.76. The third-order valence-corrected chi connectivity index (χ3v) is 3.98. The van der Waals surface area contributed by atoms with E-state index in [9.17, 15) is 5.11 Å². The quantitative estimate of drug-likeness (QED) is 0.764. The normalized spacial score (nSPS) is 28.4. The van der Waals surface area contributed by atoms with Gasteiger partial charge in [0, 0.05) is 19.1 Å². The van der Waals surface area contributed by atoms with Crippen molar-refractivity contribution >= 4 is 0 Å². The Morgan fingerprint density at radius 3 is 2.65 bits per heavy atom. The van der Waals surface area contributed by atoms with Crippen molar-refractivity contribution in [2.75, 3.05) is 52.5 Å². The monoisotopic (exact) mass is 242 g/mol. The minimum absolute atomic E-state index is 0.331. The number of hydrogen-bond donors (Lipinski definition) is 1. The molecule has 2 rings (SSSR count). The topological polar surface area (TPSA) is 35.9 Å². The molecule has 0 aliphatic carbocycles. The van der Waals surface area contributed by atoms with Gasteiger partial charge in [-0.25, -0.2) is 0 Å². The molecule has 0 spiro atoms. The second kappa shape index (κ2) is 7.31. The van der Waals surface area contributed by atoms with Crippen molar-refractivity contribution in [3.63, 3.8) is 0 Å². The molecule has 0 bridgehead atoms. The fraction of sp³-hybridized carbons (Fsp3) is 1.00. The molecular formula is C13H26N2O2. The van der Waals surface area contributed by atoms with Crippen LogP contribution in [0.2, 0.25) is 0 Å². The van der Waals surface area contributed by atoms with Crippen LogP contribution in [-0.4, -0.2) is 73.5 Å². The lowest BCUT2D eigenvalue weighted by Crippen LogP contribution is -2.44. The van der Waals surface area contributed by atoms with Crippen molar-refractivity contribution in [1.29, 1.82) is 0 Å². The van der Waals surface area contributed by atoms with Crippen LogP contribution >= 0.6 is 0 Å². The molecule has 17 heavy (non-hydrogen) atoms. The second-order valence-corrected chi connectivity index (χ2v) is 5.18. The van der Waals surface area contributed by atoms with Gasteiger partial charge in [-0.1, -0.05) is 6.42 Å². The van der Waals surface area contributed by atoms with Gasteiger partial charge < -0.3 is 9.84 Å². The van der Waals surface area contributed by atoms with Gasteiger partial charge in [0.05, 0.1) is 19.8 Å². The molecule has 1 N–H and O–H groups in total. The van der Waals surface area contributed by atoms with E-state index in [-0.39, 0.29) is 0 Å². The second-order valence-electron chi connectivity index (χ2n) is 5.18. The number of hydrogen-bond acceptors (Lipinski definition) is 4. The van der Waals surface area contributed by atoms with Crippen LogP contribution in [0.25, 0.3) is 0 Å². The minimum atomic E-state index is 0.331. The molecule has 0 aromatic carbocycles. The van der Waals surface area contributed by atoms with Crippen molar-refractivity contribution in [2.45, 2.75) is 31.7 Å². The smallest absolute Gasteiger partial charge is 0.0594 e. The van der Waals surface area contributed by atoms with Crippen LogP contribution in [0.4, 0.5) is 0 Å². The number of rotatable bonds is 5. The van der Waals surface area contributed by atoms with Crippen molar-refractivity contribution in [3.05, 3.63) is 0 Å². The van der Waals surface area contributed by atoms with Crippen LogP contribution < -0.4 is 0 Å². The molecular weight excluding hydrogens is 216 g/mol. The largest absolute Gasteiger partial charge is 0.395 e. The average Bonchev–Trinajstić information content (AvgIpc) is 2.40. The summed E-state index contributed by atoms with van der Waals surface area (Å²) in [6.07, 6.45) is 4.98. The number of ether oxygens (including phenoxy) is 1. The molecule has 2 aliphatic rings. The average molecular weight is 242 g/mol. The summed E-state index contributed by atoms with van der Waals surface area (Å²) in [6.45, 7) is 7.78. The van der Waals surface area contributed by atoms with Crippen molar-refractivity contribution < 1.29 is 9.84 Å². The molecule has 100 valence electrons. The van der Waals surface area contributed by atoms with Crippen LogP contribution in [0.1, 0.15) is 25.7 Å². The molecule has 4 nitrogen and oxygen atoms in total. The summed E-state index contributed by atoms with van der Waals surface area (Å²) in [7, 11) is 0. The van der Waals surface area contributed by atoms with Crippen LogP contribution in [0.5, 0.6) is 0 Å². The van der Waals surface area contributed by atoms with Gasteiger partial charge in [-0.2, -0.15) is 0 Å². The lowest BCUT2D eigenvalue weighted by Gasteiger charge is -2.35. The van der Waals surface area contributed by atoms with Crippen molar-refractivity contribution in [1.82, 2.24) is 9.80 Å². The van der Waals surface area contributed by atoms with Crippen LogP contribution in [0.15, 0.2) is 0 Å². The first-order valence-electron chi connectivity index (χ1n) is 7.05. The number of morpholine rings is 1. The maximum absolute atomic E-state index is 9.34. The summed E-state index contributed by atoms with van der Waals surface area (Å²) < 4.78 is 5.35. The van der Waals surface area contributed by atoms with Crippen LogP contribution in [-0.2, 0) is 4.74 Å². The molecule has 0 radical (unpaired) electrons. The number of aliphatic hydroxyl groups excluding tert-OH is 1. The highest BCUT2D eigenvalue weighted by atomic mass is 16.5. The number of nitrogens with zero attached hydrogens (tertiary/aromatic N) is 2. The van der Waals surface area contributed by atoms with Gasteiger partial charge in [0.15, 0.2) is 0 Å². The molecule has 0 unspecified atom stereocenters. The Bertz CT molecular complexity index is 208. The Labute approximate surface area is 105 Å². The molecule has 1 atom stereocenters. The third-order valence-electron chi connectivity index (χ3n) is 3.98. The summed E-state index contributed by atoms with van der Waals surface area (Å²) in [4.78, 5) is 4.96. The molecule has 2 aliphatic heterocycles. The lowest BCUT2D eigenvalue weighted by atomic mass is 10.0. The van der Waals surface area contributed by atoms with E-state index in [4.69, 9.17) is 4.74 Å². The zero-order chi connectivity index (χ0) is 11.9. The lowest BCUT2D eigenvalue weighted by molar-refractivity contribution is 0.0329. The van der Waals surface area contributed by atoms with Gasteiger partial charge in [0.1, 0.15) is 0 Å². The zero-order valence-corrected chi connectivity index (χ0v) is 10.8. The molecule has 4 heteroatoms. The van der Waals surface area contributed by atoms with Crippen molar-refractivity contribution in [3.8, 4) is 0 Å². The number of piperidine rings is 1. The fourth-order valence-corrected chi connectivity index (χ4v) is 2.88. The van der Waals surface area contributed by atoms with E-state index in [1.807, 2.05) is 0 Å². The molecule has 0 aromatic rings. The zero-order valence-electron chi connectivity index (χ0n) is 10.8. The maximum atomic E-state index is 9.34. The van der Waals surface area contributed by atoms with Gasteiger partial charge in [-0.15, -0.1) is 0 Å². The Kier molecular flexibility index (Phi) is 5.71. The molecule has 2 saturated heterocycles. The SMILES string of the molecule is OC[C@H]1CCCCN1CCCN1CCOCC1. The molecule has 2 heterocycles. The first-order valence-corrected chi connectivity index (χ1v) is 7.05. The Balaban J connectivity index is 1.62. The van der Waals surface area contributed by atoms with Gasteiger partial charge in [-0.3, -0.25) is 9.80 Å². The van der Waals surface area contributed by atoms with E-state index < -0.39 is 0 Å². The van der Waals surface area contributed by atoms with Crippen LogP contribution in [0.3, 0.4) is 0 Å². The van der Waals surface area contributed by atoms with Crippen molar-refractivity contribution in [2.24, 2.45) is 0 Å². The Morgan fingerprint density at radius 1 is 1.06 bits per heavy atom. The predicted octanol–water partition coefficient (Wildman–Crippen LogP) is 0.556. The highest BCUT2D eigenvalue weighted by Gasteiger charge is 2.21. The van der Waals surface area contributed by atoms with Gasteiger partial charge >= 0.3 is 0 Å². The van der Waals surface area contributed by atoms with E-state index in [1.165, 1.54) is 38.8 Å². The standard InChI is InChI=1S/C13H26N2O2/c16-12-13-4-1-2-6-15(13)7-3-5-14-8-10-17-11-9-14/h13,16H,1-12H2/t13-/m1/s1. The predicted molar refractivity (Wildman–Crippen MR) is 68.2 cm³/mol. The van der Waals surface area contributed by atoms with E-state index in [2.05, 4.69) is 9.80 Å². The number of aliphatic hydroxyl groups is 1. The van der Waals surface area contributed by atoms with Gasteiger partial charge in [0.25, 0.3) is 0 Å². The van der Waals surface area contributed by atoms with E-state index in [0.29, 0.717) is 12.6 Å². The molecule has 0 saturated carbocycles. The minimum Gasteiger partial charge on any atom is -0.395 e. The van der Waals surface area contributed by atoms with Crippen LogP contribution in [0, 0.1) is 0 Å². The summed E-state index contributed by atoms with van der Waals surface area (Å²) >= 11 is 0. The maximum Gasteiger partial charge on any atom is 0.0594 e.